The molecule has 29 heavy (non-hydrogen) atoms. The Balaban J connectivity index is 1.58. The molecule has 0 atom stereocenters. The van der Waals surface area contributed by atoms with Gasteiger partial charge in [0, 0.05) is 31.9 Å². The molecular weight excluding hydrogens is 383 g/mol. The fraction of sp³-hybridized carbons (Fsp3) is 0.476. The predicted molar refractivity (Wildman–Crippen MR) is 105 cm³/mol. The van der Waals surface area contributed by atoms with Crippen LogP contribution in [0.1, 0.15) is 16.9 Å². The summed E-state index contributed by atoms with van der Waals surface area (Å²) in [6, 6.07) is 9.34. The summed E-state index contributed by atoms with van der Waals surface area (Å²) in [6.45, 7) is 5.37. The van der Waals surface area contributed by atoms with Gasteiger partial charge < -0.3 is 14.2 Å². The fourth-order valence-electron chi connectivity index (χ4n) is 3.56. The van der Waals surface area contributed by atoms with E-state index in [1.165, 1.54) is 23.1 Å². The number of anilines is 1. The Morgan fingerprint density at radius 3 is 2.45 bits per heavy atom. The van der Waals surface area contributed by atoms with E-state index in [1.807, 2.05) is 11.0 Å². The van der Waals surface area contributed by atoms with Crippen molar-refractivity contribution in [1.82, 2.24) is 9.80 Å². The van der Waals surface area contributed by atoms with Gasteiger partial charge in [0.1, 0.15) is 12.3 Å². The topological polar surface area (TPSA) is 39.9 Å². The zero-order valence-electron chi connectivity index (χ0n) is 16.7. The molecule has 0 saturated carbocycles. The molecule has 1 aromatic carbocycles. The van der Waals surface area contributed by atoms with Crippen molar-refractivity contribution in [3.05, 3.63) is 53.5 Å². The first-order chi connectivity index (χ1) is 13.7. The molecule has 1 aliphatic rings. The minimum atomic E-state index is -4.45. The SMILES string of the molecule is Cc1cccc(N2CCN(CC(=O)N(Cc3ccco3)CC(F)(F)F)CC2)c1C. The van der Waals surface area contributed by atoms with Crippen LogP contribution in [0, 0.1) is 13.8 Å². The maximum absolute atomic E-state index is 12.9. The van der Waals surface area contributed by atoms with Gasteiger partial charge in [-0.25, -0.2) is 0 Å². The van der Waals surface area contributed by atoms with Gasteiger partial charge in [0.15, 0.2) is 0 Å². The van der Waals surface area contributed by atoms with Crippen LogP contribution in [-0.4, -0.2) is 61.2 Å². The van der Waals surface area contributed by atoms with Crippen LogP contribution in [0.3, 0.4) is 0 Å². The molecule has 0 aliphatic carbocycles. The number of amides is 1. The number of hydrogen-bond donors (Lipinski definition) is 0. The number of alkyl halides is 3. The van der Waals surface area contributed by atoms with E-state index in [1.54, 1.807) is 12.1 Å². The standard InChI is InChI=1S/C21H26F3N3O2/c1-16-5-3-7-19(17(16)2)26-10-8-25(9-11-26)14-20(28)27(15-21(22,23)24)13-18-6-4-12-29-18/h3-7,12H,8-11,13-15H2,1-2H3. The molecule has 1 aliphatic heterocycles. The quantitative estimate of drug-likeness (QED) is 0.731. The first-order valence-corrected chi connectivity index (χ1v) is 9.63. The maximum Gasteiger partial charge on any atom is 0.406 e. The van der Waals surface area contributed by atoms with Gasteiger partial charge >= 0.3 is 6.18 Å². The number of furan rings is 1. The molecule has 0 unspecified atom stereocenters. The van der Waals surface area contributed by atoms with Crippen molar-refractivity contribution in [2.45, 2.75) is 26.6 Å². The molecule has 1 fully saturated rings. The molecule has 2 heterocycles. The zero-order chi connectivity index (χ0) is 21.0. The highest BCUT2D eigenvalue weighted by Gasteiger charge is 2.34. The zero-order valence-corrected chi connectivity index (χ0v) is 16.7. The van der Waals surface area contributed by atoms with Crippen LogP contribution in [0.15, 0.2) is 41.0 Å². The number of carbonyl (C=O) groups excluding carboxylic acids is 1. The number of benzene rings is 1. The van der Waals surface area contributed by atoms with Crippen molar-refractivity contribution >= 4 is 11.6 Å². The highest BCUT2D eigenvalue weighted by atomic mass is 19.4. The molecule has 3 rings (SSSR count). The van der Waals surface area contributed by atoms with Crippen LogP contribution < -0.4 is 4.90 Å². The van der Waals surface area contributed by atoms with Crippen molar-refractivity contribution in [3.63, 3.8) is 0 Å². The summed E-state index contributed by atoms with van der Waals surface area (Å²) in [5.41, 5.74) is 3.63. The van der Waals surface area contributed by atoms with E-state index in [0.717, 1.165) is 18.0 Å². The Labute approximate surface area is 168 Å². The van der Waals surface area contributed by atoms with Gasteiger partial charge in [-0.05, 0) is 43.2 Å². The molecule has 0 spiro atoms. The van der Waals surface area contributed by atoms with Crippen LogP contribution in [0.2, 0.25) is 0 Å². The van der Waals surface area contributed by atoms with E-state index in [4.69, 9.17) is 4.42 Å². The van der Waals surface area contributed by atoms with Crippen molar-refractivity contribution in [2.24, 2.45) is 0 Å². The van der Waals surface area contributed by atoms with Gasteiger partial charge in [-0.15, -0.1) is 0 Å². The second-order valence-electron chi connectivity index (χ2n) is 7.43. The number of nitrogens with zero attached hydrogens (tertiary/aromatic N) is 3. The molecule has 1 amide bonds. The molecule has 1 saturated heterocycles. The Bertz CT molecular complexity index is 813. The lowest BCUT2D eigenvalue weighted by Crippen LogP contribution is -2.51. The Morgan fingerprint density at radius 2 is 1.83 bits per heavy atom. The monoisotopic (exact) mass is 409 g/mol. The third kappa shape index (κ3) is 5.76. The number of carbonyl (C=O) groups is 1. The number of rotatable bonds is 6. The van der Waals surface area contributed by atoms with Gasteiger partial charge in [0.25, 0.3) is 0 Å². The van der Waals surface area contributed by atoms with Crippen molar-refractivity contribution in [1.29, 1.82) is 0 Å². The van der Waals surface area contributed by atoms with Gasteiger partial charge in [-0.3, -0.25) is 9.69 Å². The third-order valence-corrected chi connectivity index (χ3v) is 5.30. The first-order valence-electron chi connectivity index (χ1n) is 9.63. The summed E-state index contributed by atoms with van der Waals surface area (Å²) in [7, 11) is 0. The summed E-state index contributed by atoms with van der Waals surface area (Å²) in [5.74, 6) is -0.207. The van der Waals surface area contributed by atoms with Crippen LogP contribution in [-0.2, 0) is 11.3 Å². The second kappa shape index (κ2) is 8.90. The smallest absolute Gasteiger partial charge is 0.406 e. The molecule has 0 N–H and O–H groups in total. The van der Waals surface area contributed by atoms with E-state index >= 15 is 0 Å². The van der Waals surface area contributed by atoms with Gasteiger partial charge in [0.05, 0.1) is 19.4 Å². The predicted octanol–water partition coefficient (Wildman–Crippen LogP) is 3.61. The lowest BCUT2D eigenvalue weighted by molar-refractivity contribution is -0.163. The molecule has 0 bridgehead atoms. The number of piperazine rings is 1. The van der Waals surface area contributed by atoms with Crippen molar-refractivity contribution in [3.8, 4) is 0 Å². The van der Waals surface area contributed by atoms with E-state index < -0.39 is 18.6 Å². The third-order valence-electron chi connectivity index (χ3n) is 5.30. The Hall–Kier alpha value is -2.48. The normalized spacial score (nSPS) is 15.6. The molecule has 1 aromatic heterocycles. The lowest BCUT2D eigenvalue weighted by atomic mass is 10.1. The molecule has 0 radical (unpaired) electrons. The first kappa shape index (κ1) is 21.2. The molecule has 8 heteroatoms. The van der Waals surface area contributed by atoms with Crippen molar-refractivity contribution < 1.29 is 22.4 Å². The molecule has 2 aromatic rings. The van der Waals surface area contributed by atoms with Crippen LogP contribution in [0.5, 0.6) is 0 Å². The summed E-state index contributed by atoms with van der Waals surface area (Å²) in [6.07, 6.45) is -3.07. The summed E-state index contributed by atoms with van der Waals surface area (Å²) >= 11 is 0. The fourth-order valence-corrected chi connectivity index (χ4v) is 3.56. The number of aryl methyl sites for hydroxylation is 1. The minimum absolute atomic E-state index is 0.0303. The highest BCUT2D eigenvalue weighted by molar-refractivity contribution is 5.78. The average Bonchev–Trinajstić information content (AvgIpc) is 3.16. The summed E-state index contributed by atoms with van der Waals surface area (Å²) in [4.78, 5) is 17.6. The van der Waals surface area contributed by atoms with Gasteiger partial charge in [-0.1, -0.05) is 12.1 Å². The summed E-state index contributed by atoms with van der Waals surface area (Å²) in [5, 5.41) is 0. The van der Waals surface area contributed by atoms with Gasteiger partial charge in [-0.2, -0.15) is 13.2 Å². The van der Waals surface area contributed by atoms with Crippen LogP contribution >= 0.6 is 0 Å². The van der Waals surface area contributed by atoms with E-state index in [9.17, 15) is 18.0 Å². The number of hydrogen-bond acceptors (Lipinski definition) is 4. The van der Waals surface area contributed by atoms with Crippen LogP contribution in [0.25, 0.3) is 0 Å². The van der Waals surface area contributed by atoms with Crippen LogP contribution in [0.4, 0.5) is 18.9 Å². The highest BCUT2D eigenvalue weighted by Crippen LogP contribution is 2.24. The largest absolute Gasteiger partial charge is 0.467 e. The van der Waals surface area contributed by atoms with Gasteiger partial charge in [0.2, 0.25) is 5.91 Å². The Morgan fingerprint density at radius 1 is 1.10 bits per heavy atom. The molecular formula is C21H26F3N3O2. The summed E-state index contributed by atoms with van der Waals surface area (Å²) < 4.78 is 43.9. The molecule has 158 valence electrons. The lowest BCUT2D eigenvalue weighted by Gasteiger charge is -2.37. The van der Waals surface area contributed by atoms with E-state index in [0.29, 0.717) is 18.8 Å². The second-order valence-corrected chi connectivity index (χ2v) is 7.43. The van der Waals surface area contributed by atoms with E-state index in [2.05, 4.69) is 30.9 Å². The minimum Gasteiger partial charge on any atom is -0.467 e. The Kier molecular flexibility index (Phi) is 6.52. The van der Waals surface area contributed by atoms with Crippen molar-refractivity contribution in [2.75, 3.05) is 44.2 Å². The average molecular weight is 409 g/mol. The maximum atomic E-state index is 12.9. The molecule has 5 nitrogen and oxygen atoms in total. The van der Waals surface area contributed by atoms with E-state index in [-0.39, 0.29) is 13.1 Å². The number of halogens is 3.